The summed E-state index contributed by atoms with van der Waals surface area (Å²) in [6, 6.07) is 18.4. The van der Waals surface area contributed by atoms with Crippen LogP contribution in [0.4, 0.5) is 11.4 Å². The molecule has 6 nitrogen and oxygen atoms in total. The molecule has 1 aliphatic rings. The Kier molecular flexibility index (Phi) is 4.04. The Balaban J connectivity index is 2.01. The maximum absolute atomic E-state index is 13.1. The van der Waals surface area contributed by atoms with E-state index in [0.29, 0.717) is 17.1 Å². The van der Waals surface area contributed by atoms with Crippen molar-refractivity contribution in [1.29, 1.82) is 0 Å². The molecule has 0 radical (unpaired) electrons. The van der Waals surface area contributed by atoms with Gasteiger partial charge in [0.05, 0.1) is 11.4 Å². The van der Waals surface area contributed by atoms with Gasteiger partial charge >= 0.3 is 0 Å². The van der Waals surface area contributed by atoms with Gasteiger partial charge in [-0.1, -0.05) is 36.4 Å². The van der Waals surface area contributed by atoms with Crippen molar-refractivity contribution in [3.05, 3.63) is 60.7 Å². The summed E-state index contributed by atoms with van der Waals surface area (Å²) < 4.78 is 0. The molecular formula is C18H18N4O2. The third kappa shape index (κ3) is 2.74. The van der Waals surface area contributed by atoms with E-state index in [-0.39, 0.29) is 11.8 Å². The van der Waals surface area contributed by atoms with E-state index in [0.717, 1.165) is 0 Å². The third-order valence-electron chi connectivity index (χ3n) is 3.78. The summed E-state index contributed by atoms with van der Waals surface area (Å²) >= 11 is 0. The summed E-state index contributed by atoms with van der Waals surface area (Å²) in [7, 11) is 0. The van der Waals surface area contributed by atoms with Crippen LogP contribution in [0.15, 0.2) is 65.8 Å². The molecule has 6 heteroatoms. The molecule has 122 valence electrons. The summed E-state index contributed by atoms with van der Waals surface area (Å²) in [5.41, 5.74) is 0.423. The van der Waals surface area contributed by atoms with Gasteiger partial charge in [-0.2, -0.15) is 10.1 Å². The molecule has 24 heavy (non-hydrogen) atoms. The number of carbonyl (C=O) groups excluding carboxylic acids is 2. The van der Waals surface area contributed by atoms with Crippen LogP contribution in [0.2, 0.25) is 0 Å². The van der Waals surface area contributed by atoms with Crippen LogP contribution < -0.4 is 15.6 Å². The van der Waals surface area contributed by atoms with Crippen LogP contribution >= 0.6 is 0 Å². The molecule has 0 saturated heterocycles. The first-order valence-electron chi connectivity index (χ1n) is 7.60. The highest BCUT2D eigenvalue weighted by Gasteiger charge is 2.51. The molecule has 2 aromatic carbocycles. The molecule has 2 aromatic rings. The van der Waals surface area contributed by atoms with Crippen molar-refractivity contribution in [3.63, 3.8) is 0 Å². The van der Waals surface area contributed by atoms with Gasteiger partial charge in [0.2, 0.25) is 11.6 Å². The quantitative estimate of drug-likeness (QED) is 0.849. The standard InChI is InChI=1S/C18H18N4O2/c1-13-18(19-14(2)23,20-15-9-5-3-6-10-15)17(24)22(21-13)16-11-7-4-8-12-16/h3-12,20H,1-2H3,(H,19,23). The smallest absolute Gasteiger partial charge is 0.300 e. The van der Waals surface area contributed by atoms with E-state index in [4.69, 9.17) is 0 Å². The van der Waals surface area contributed by atoms with Crippen molar-refractivity contribution in [1.82, 2.24) is 5.32 Å². The highest BCUT2D eigenvalue weighted by atomic mass is 16.2. The SMILES string of the molecule is CC(=O)NC1(Nc2ccccc2)C(=O)N(c2ccccc2)N=C1C. The van der Waals surface area contributed by atoms with E-state index in [9.17, 15) is 9.59 Å². The van der Waals surface area contributed by atoms with Crippen LogP contribution in [0.3, 0.4) is 0 Å². The number of amides is 2. The Morgan fingerprint density at radius 2 is 1.62 bits per heavy atom. The minimum absolute atomic E-state index is 0.323. The molecule has 1 heterocycles. The minimum atomic E-state index is -1.40. The number of carbonyl (C=O) groups is 2. The van der Waals surface area contributed by atoms with Crippen molar-refractivity contribution < 1.29 is 9.59 Å². The second-order valence-corrected chi connectivity index (χ2v) is 5.56. The molecule has 1 atom stereocenters. The average molecular weight is 322 g/mol. The number of rotatable bonds is 4. The first-order chi connectivity index (χ1) is 11.5. The van der Waals surface area contributed by atoms with Gasteiger partial charge in [-0.05, 0) is 31.2 Å². The lowest BCUT2D eigenvalue weighted by atomic mass is 10.0. The molecule has 0 saturated carbocycles. The fourth-order valence-electron chi connectivity index (χ4n) is 2.65. The molecule has 3 rings (SSSR count). The number of hydrogen-bond acceptors (Lipinski definition) is 4. The Morgan fingerprint density at radius 3 is 2.21 bits per heavy atom. The number of anilines is 2. The summed E-state index contributed by atoms with van der Waals surface area (Å²) in [5.74, 6) is -0.679. The van der Waals surface area contributed by atoms with Gasteiger partial charge in [0.1, 0.15) is 0 Å². The van der Waals surface area contributed by atoms with Gasteiger partial charge in [-0.25, -0.2) is 0 Å². The van der Waals surface area contributed by atoms with E-state index in [1.807, 2.05) is 48.5 Å². The first-order valence-corrected chi connectivity index (χ1v) is 7.60. The molecule has 0 fully saturated rings. The van der Waals surface area contributed by atoms with Crippen LogP contribution in [0.5, 0.6) is 0 Å². The summed E-state index contributed by atoms with van der Waals surface area (Å²) in [5, 5.41) is 11.5. The van der Waals surface area contributed by atoms with Gasteiger partial charge in [0.15, 0.2) is 0 Å². The lowest BCUT2D eigenvalue weighted by Gasteiger charge is -2.30. The predicted octanol–water partition coefficient (Wildman–Crippen LogP) is 2.35. The highest BCUT2D eigenvalue weighted by molar-refractivity contribution is 6.25. The summed E-state index contributed by atoms with van der Waals surface area (Å²) in [4.78, 5) is 24.9. The number of nitrogens with one attached hydrogen (secondary N) is 2. The number of para-hydroxylation sites is 2. The second-order valence-electron chi connectivity index (χ2n) is 5.56. The number of hydrazone groups is 1. The van der Waals surface area contributed by atoms with Crippen LogP contribution in [-0.2, 0) is 9.59 Å². The molecular weight excluding hydrogens is 304 g/mol. The summed E-state index contributed by atoms with van der Waals surface area (Å²) in [6.07, 6.45) is 0. The van der Waals surface area contributed by atoms with E-state index < -0.39 is 5.66 Å². The zero-order valence-corrected chi connectivity index (χ0v) is 13.5. The van der Waals surface area contributed by atoms with Crippen molar-refractivity contribution in [2.75, 3.05) is 10.3 Å². The highest BCUT2D eigenvalue weighted by Crippen LogP contribution is 2.28. The molecule has 0 aromatic heterocycles. The molecule has 0 bridgehead atoms. The number of hydrogen-bond donors (Lipinski definition) is 2. The van der Waals surface area contributed by atoms with E-state index in [2.05, 4.69) is 15.7 Å². The Morgan fingerprint density at radius 1 is 1.04 bits per heavy atom. The Bertz CT molecular complexity index is 789. The predicted molar refractivity (Wildman–Crippen MR) is 93.6 cm³/mol. The molecule has 1 unspecified atom stereocenters. The average Bonchev–Trinajstić information content (AvgIpc) is 2.81. The Hall–Kier alpha value is -3.15. The normalized spacial score (nSPS) is 19.8. The van der Waals surface area contributed by atoms with Gasteiger partial charge in [0, 0.05) is 12.6 Å². The van der Waals surface area contributed by atoms with Crippen molar-refractivity contribution in [3.8, 4) is 0 Å². The lowest BCUT2D eigenvalue weighted by molar-refractivity contribution is -0.127. The van der Waals surface area contributed by atoms with Gasteiger partial charge in [-0.3, -0.25) is 9.59 Å². The maximum atomic E-state index is 13.1. The minimum Gasteiger partial charge on any atom is -0.350 e. The number of nitrogens with zero attached hydrogens (tertiary/aromatic N) is 2. The van der Waals surface area contributed by atoms with Gasteiger partial charge in [-0.15, -0.1) is 0 Å². The van der Waals surface area contributed by atoms with Crippen LogP contribution in [0.25, 0.3) is 0 Å². The maximum Gasteiger partial charge on any atom is 0.300 e. The molecule has 2 N–H and O–H groups in total. The van der Waals surface area contributed by atoms with Gasteiger partial charge < -0.3 is 10.6 Å². The van der Waals surface area contributed by atoms with Crippen molar-refractivity contribution in [2.24, 2.45) is 5.10 Å². The Labute approximate surface area is 140 Å². The van der Waals surface area contributed by atoms with Crippen molar-refractivity contribution in [2.45, 2.75) is 19.5 Å². The fraction of sp³-hybridized carbons (Fsp3) is 0.167. The molecule has 0 spiro atoms. The first kappa shape index (κ1) is 15.7. The third-order valence-corrected chi connectivity index (χ3v) is 3.78. The van der Waals surface area contributed by atoms with Crippen LogP contribution in [0, 0.1) is 0 Å². The van der Waals surface area contributed by atoms with Crippen LogP contribution in [0.1, 0.15) is 13.8 Å². The molecule has 2 amide bonds. The zero-order valence-electron chi connectivity index (χ0n) is 13.5. The largest absolute Gasteiger partial charge is 0.350 e. The van der Waals surface area contributed by atoms with Crippen LogP contribution in [-0.4, -0.2) is 23.2 Å². The van der Waals surface area contributed by atoms with E-state index in [1.54, 1.807) is 19.1 Å². The molecule has 1 aliphatic heterocycles. The van der Waals surface area contributed by atoms with E-state index in [1.165, 1.54) is 11.9 Å². The van der Waals surface area contributed by atoms with Gasteiger partial charge in [0.25, 0.3) is 5.91 Å². The zero-order chi connectivity index (χ0) is 17.2. The summed E-state index contributed by atoms with van der Waals surface area (Å²) in [6.45, 7) is 3.09. The fourth-order valence-corrected chi connectivity index (χ4v) is 2.65. The lowest BCUT2D eigenvalue weighted by Crippen LogP contribution is -2.64. The monoisotopic (exact) mass is 322 g/mol. The molecule has 0 aliphatic carbocycles. The van der Waals surface area contributed by atoms with Crippen molar-refractivity contribution >= 4 is 28.9 Å². The second kappa shape index (κ2) is 6.16. The topological polar surface area (TPSA) is 73.8 Å². The number of benzene rings is 2. The van der Waals surface area contributed by atoms with E-state index >= 15 is 0 Å².